The topological polar surface area (TPSA) is 43.1 Å². The summed E-state index contributed by atoms with van der Waals surface area (Å²) >= 11 is 5.92. The zero-order valence-corrected chi connectivity index (χ0v) is 9.32. The van der Waals surface area contributed by atoms with Crippen LogP contribution in [-0.4, -0.2) is 4.92 Å². The van der Waals surface area contributed by atoms with E-state index < -0.39 is 10.7 Å². The summed E-state index contributed by atoms with van der Waals surface area (Å²) in [6.07, 6.45) is 0. The molecular formula is C12H7ClFNO2. The molecule has 0 aliphatic heterocycles. The Labute approximate surface area is 102 Å². The zero-order valence-electron chi connectivity index (χ0n) is 8.56. The van der Waals surface area contributed by atoms with Crippen LogP contribution in [0.5, 0.6) is 0 Å². The molecule has 17 heavy (non-hydrogen) atoms. The molecule has 0 saturated carbocycles. The van der Waals surface area contributed by atoms with Crippen molar-refractivity contribution in [2.45, 2.75) is 0 Å². The van der Waals surface area contributed by atoms with Crippen molar-refractivity contribution in [1.82, 2.24) is 0 Å². The van der Waals surface area contributed by atoms with Gasteiger partial charge >= 0.3 is 0 Å². The molecule has 0 unspecified atom stereocenters. The van der Waals surface area contributed by atoms with Gasteiger partial charge in [-0.1, -0.05) is 35.9 Å². The van der Waals surface area contributed by atoms with Crippen molar-refractivity contribution in [3.63, 3.8) is 0 Å². The SMILES string of the molecule is O=[N+]([O-])c1cccc(F)c1-c1ccccc1Cl. The van der Waals surface area contributed by atoms with Crippen molar-refractivity contribution < 1.29 is 9.31 Å². The molecule has 0 N–H and O–H groups in total. The van der Waals surface area contributed by atoms with E-state index in [9.17, 15) is 14.5 Å². The quantitative estimate of drug-likeness (QED) is 0.597. The Morgan fingerprint density at radius 1 is 1.12 bits per heavy atom. The van der Waals surface area contributed by atoms with Crippen molar-refractivity contribution >= 4 is 17.3 Å². The first kappa shape index (κ1) is 11.5. The van der Waals surface area contributed by atoms with E-state index >= 15 is 0 Å². The van der Waals surface area contributed by atoms with Gasteiger partial charge in [0.15, 0.2) is 0 Å². The van der Waals surface area contributed by atoms with Crippen LogP contribution in [0.3, 0.4) is 0 Å². The standard InChI is InChI=1S/C12H7ClFNO2/c13-9-5-2-1-4-8(9)12-10(14)6-3-7-11(12)15(16)17/h1-7H. The van der Waals surface area contributed by atoms with Crippen molar-refractivity contribution in [1.29, 1.82) is 0 Å². The maximum Gasteiger partial charge on any atom is 0.280 e. The average Bonchev–Trinajstić information content (AvgIpc) is 2.30. The molecule has 86 valence electrons. The van der Waals surface area contributed by atoms with Gasteiger partial charge < -0.3 is 0 Å². The molecule has 2 aromatic carbocycles. The Morgan fingerprint density at radius 3 is 2.47 bits per heavy atom. The van der Waals surface area contributed by atoms with Gasteiger partial charge in [-0.05, 0) is 12.1 Å². The van der Waals surface area contributed by atoms with Crippen molar-refractivity contribution in [3.05, 3.63) is 63.4 Å². The van der Waals surface area contributed by atoms with Gasteiger partial charge in [0.05, 0.1) is 10.5 Å². The average molecular weight is 252 g/mol. The predicted molar refractivity (Wildman–Crippen MR) is 63.5 cm³/mol. The molecule has 2 rings (SSSR count). The number of benzene rings is 2. The first-order valence-electron chi connectivity index (χ1n) is 4.79. The van der Waals surface area contributed by atoms with Gasteiger partial charge in [-0.3, -0.25) is 10.1 Å². The monoisotopic (exact) mass is 251 g/mol. The third-order valence-electron chi connectivity index (χ3n) is 2.33. The number of nitro groups is 1. The molecular weight excluding hydrogens is 245 g/mol. The van der Waals surface area contributed by atoms with E-state index in [-0.39, 0.29) is 16.3 Å². The highest BCUT2D eigenvalue weighted by Gasteiger charge is 2.20. The first-order valence-corrected chi connectivity index (χ1v) is 5.17. The fourth-order valence-electron chi connectivity index (χ4n) is 1.60. The Morgan fingerprint density at radius 2 is 1.82 bits per heavy atom. The first-order chi connectivity index (χ1) is 8.11. The smallest absolute Gasteiger partial charge is 0.258 e. The van der Waals surface area contributed by atoms with Crippen LogP contribution in [0, 0.1) is 15.9 Å². The van der Waals surface area contributed by atoms with Gasteiger partial charge in [0.1, 0.15) is 5.82 Å². The number of hydrogen-bond donors (Lipinski definition) is 0. The summed E-state index contributed by atoms with van der Waals surface area (Å²) in [5.74, 6) is -0.660. The largest absolute Gasteiger partial charge is 0.280 e. The fourth-order valence-corrected chi connectivity index (χ4v) is 1.83. The molecule has 0 aliphatic carbocycles. The van der Waals surface area contributed by atoms with Gasteiger partial charge in [0.2, 0.25) is 0 Å². The Balaban J connectivity index is 2.75. The number of nitrogens with zero attached hydrogens (tertiary/aromatic N) is 1. The minimum absolute atomic E-state index is 0.0805. The van der Waals surface area contributed by atoms with E-state index in [1.165, 1.54) is 18.2 Å². The molecule has 3 nitrogen and oxygen atoms in total. The van der Waals surface area contributed by atoms with Crippen molar-refractivity contribution in [2.24, 2.45) is 0 Å². The molecule has 0 radical (unpaired) electrons. The maximum atomic E-state index is 13.7. The molecule has 0 aromatic heterocycles. The number of rotatable bonds is 2. The molecule has 0 fully saturated rings. The molecule has 0 amide bonds. The van der Waals surface area contributed by atoms with Crippen LogP contribution >= 0.6 is 11.6 Å². The Bertz CT molecular complexity index is 586. The number of nitro benzene ring substituents is 1. The van der Waals surface area contributed by atoms with E-state index in [1.54, 1.807) is 24.3 Å². The van der Waals surface area contributed by atoms with Crippen LogP contribution in [0.2, 0.25) is 5.02 Å². The highest BCUT2D eigenvalue weighted by atomic mass is 35.5. The second-order valence-corrected chi connectivity index (χ2v) is 3.78. The highest BCUT2D eigenvalue weighted by Crippen LogP contribution is 2.36. The number of hydrogen-bond acceptors (Lipinski definition) is 2. The molecule has 0 atom stereocenters. The lowest BCUT2D eigenvalue weighted by atomic mass is 10.0. The molecule has 5 heteroatoms. The van der Waals surface area contributed by atoms with Gasteiger partial charge in [0.25, 0.3) is 5.69 Å². The minimum atomic E-state index is -0.660. The third kappa shape index (κ3) is 2.12. The lowest BCUT2D eigenvalue weighted by Crippen LogP contribution is -1.95. The van der Waals surface area contributed by atoms with Crippen LogP contribution in [0.4, 0.5) is 10.1 Å². The third-order valence-corrected chi connectivity index (χ3v) is 2.66. The summed E-state index contributed by atoms with van der Waals surface area (Å²) in [4.78, 5) is 10.2. The molecule has 0 aliphatic rings. The molecule has 0 saturated heterocycles. The summed E-state index contributed by atoms with van der Waals surface area (Å²) in [6, 6.07) is 10.2. The second-order valence-electron chi connectivity index (χ2n) is 3.37. The number of halogens is 2. The van der Waals surface area contributed by atoms with Crippen molar-refractivity contribution in [2.75, 3.05) is 0 Å². The second kappa shape index (κ2) is 4.51. The van der Waals surface area contributed by atoms with Crippen molar-refractivity contribution in [3.8, 4) is 11.1 Å². The van der Waals surface area contributed by atoms with Gasteiger partial charge in [-0.2, -0.15) is 0 Å². The van der Waals surface area contributed by atoms with E-state index in [0.29, 0.717) is 5.56 Å². The van der Waals surface area contributed by atoms with Gasteiger partial charge in [-0.15, -0.1) is 0 Å². The summed E-state index contributed by atoms with van der Waals surface area (Å²) in [5, 5.41) is 11.1. The van der Waals surface area contributed by atoms with E-state index in [1.807, 2.05) is 0 Å². The minimum Gasteiger partial charge on any atom is -0.258 e. The van der Waals surface area contributed by atoms with E-state index in [0.717, 1.165) is 0 Å². The van der Waals surface area contributed by atoms with E-state index in [2.05, 4.69) is 0 Å². The lowest BCUT2D eigenvalue weighted by Gasteiger charge is -2.06. The summed E-state index contributed by atoms with van der Waals surface area (Å²) in [6.45, 7) is 0. The summed E-state index contributed by atoms with van der Waals surface area (Å²) < 4.78 is 13.7. The van der Waals surface area contributed by atoms with Gasteiger partial charge in [0, 0.05) is 16.7 Å². The van der Waals surface area contributed by atoms with Crippen LogP contribution in [-0.2, 0) is 0 Å². The molecule has 2 aromatic rings. The Kier molecular flexibility index (Phi) is 3.06. The van der Waals surface area contributed by atoms with Crippen LogP contribution in [0.15, 0.2) is 42.5 Å². The molecule has 0 spiro atoms. The highest BCUT2D eigenvalue weighted by molar-refractivity contribution is 6.33. The van der Waals surface area contributed by atoms with Crippen LogP contribution in [0.25, 0.3) is 11.1 Å². The summed E-state index contributed by atoms with van der Waals surface area (Å²) in [7, 11) is 0. The van der Waals surface area contributed by atoms with Crippen LogP contribution in [0.1, 0.15) is 0 Å². The van der Waals surface area contributed by atoms with E-state index in [4.69, 9.17) is 11.6 Å². The lowest BCUT2D eigenvalue weighted by molar-refractivity contribution is -0.384. The molecule has 0 bridgehead atoms. The Hall–Kier alpha value is -1.94. The fraction of sp³-hybridized carbons (Fsp3) is 0. The van der Waals surface area contributed by atoms with Gasteiger partial charge in [-0.25, -0.2) is 4.39 Å². The zero-order chi connectivity index (χ0) is 12.4. The normalized spacial score (nSPS) is 10.2. The van der Waals surface area contributed by atoms with Crippen LogP contribution < -0.4 is 0 Å². The summed E-state index contributed by atoms with van der Waals surface area (Å²) in [5.41, 5.74) is -0.0554. The maximum absolute atomic E-state index is 13.7. The molecule has 0 heterocycles. The predicted octanol–water partition coefficient (Wildman–Crippen LogP) is 4.05.